The normalized spacial score (nSPS) is 48.2. The van der Waals surface area contributed by atoms with E-state index in [0.717, 1.165) is 32.4 Å². The van der Waals surface area contributed by atoms with E-state index in [0.29, 0.717) is 0 Å². The summed E-state index contributed by atoms with van der Waals surface area (Å²) < 4.78 is 0. The van der Waals surface area contributed by atoms with Crippen molar-refractivity contribution in [1.29, 1.82) is 0 Å². The third kappa shape index (κ3) is 1.08. The van der Waals surface area contributed by atoms with Gasteiger partial charge in [0, 0.05) is 12.1 Å². The average molecular weight is 171 g/mol. The summed E-state index contributed by atoms with van der Waals surface area (Å²) >= 11 is 0. The largest absolute Gasteiger partial charge is 0.394 e. The number of β-amino-alcohol motifs (C(OH)–C–C–N with tert-alkyl or cyclic N) is 1. The lowest BCUT2D eigenvalue weighted by Gasteiger charge is -2.29. The molecule has 0 saturated carbocycles. The van der Waals surface area contributed by atoms with Gasteiger partial charge in [-0.2, -0.15) is 0 Å². The Morgan fingerprint density at radius 2 is 2.25 bits per heavy atom. The van der Waals surface area contributed by atoms with Crippen molar-refractivity contribution in [3.05, 3.63) is 0 Å². The highest BCUT2D eigenvalue weighted by Crippen LogP contribution is 2.42. The van der Waals surface area contributed by atoms with Gasteiger partial charge in [0.15, 0.2) is 0 Å². The van der Waals surface area contributed by atoms with E-state index in [4.69, 9.17) is 0 Å². The average Bonchev–Trinajstić information content (AvgIpc) is 2.40. The highest BCUT2D eigenvalue weighted by Gasteiger charge is 2.52. The topological polar surface area (TPSA) is 43.7 Å². The van der Waals surface area contributed by atoms with Gasteiger partial charge in [-0.15, -0.1) is 0 Å². The molecule has 2 saturated heterocycles. The molecule has 2 heterocycles. The Morgan fingerprint density at radius 1 is 1.50 bits per heavy atom. The number of fused-ring (bicyclic) bond motifs is 1. The third-order valence-electron chi connectivity index (χ3n) is 3.28. The quantitative estimate of drug-likeness (QED) is 0.582. The maximum absolute atomic E-state index is 9.84. The van der Waals surface area contributed by atoms with Gasteiger partial charge >= 0.3 is 0 Å². The second-order valence-electron chi connectivity index (χ2n) is 4.58. The molecule has 2 aliphatic heterocycles. The standard InChI is InChI=1S/C9H17NO2/c1-8(12)5-9(7-11)3-2-4-10(9)6-8/h11-12H,2-7H2,1H3/t8-,9-/m0/s1. The molecule has 12 heavy (non-hydrogen) atoms. The molecule has 0 radical (unpaired) electrons. The van der Waals surface area contributed by atoms with Crippen LogP contribution in [-0.4, -0.2) is 45.9 Å². The summed E-state index contributed by atoms with van der Waals surface area (Å²) in [5.41, 5.74) is -0.660. The molecule has 3 nitrogen and oxygen atoms in total. The number of aliphatic hydroxyl groups excluding tert-OH is 1. The Bertz CT molecular complexity index is 193. The van der Waals surface area contributed by atoms with Crippen molar-refractivity contribution < 1.29 is 10.2 Å². The van der Waals surface area contributed by atoms with Crippen molar-refractivity contribution >= 4 is 0 Å². The molecular formula is C9H17NO2. The monoisotopic (exact) mass is 171 g/mol. The van der Waals surface area contributed by atoms with Crippen molar-refractivity contribution in [2.45, 2.75) is 37.3 Å². The van der Waals surface area contributed by atoms with Crippen LogP contribution in [0.1, 0.15) is 26.2 Å². The molecule has 70 valence electrons. The molecular weight excluding hydrogens is 154 g/mol. The lowest BCUT2D eigenvalue weighted by Crippen LogP contribution is -2.41. The summed E-state index contributed by atoms with van der Waals surface area (Å²) in [5, 5.41) is 19.2. The SMILES string of the molecule is C[C@@]1(O)CN2CCC[C@@]2(CO)C1. The predicted octanol–water partition coefficient (Wildman–Crippen LogP) is -0.0320. The van der Waals surface area contributed by atoms with Crippen LogP contribution in [0.4, 0.5) is 0 Å². The van der Waals surface area contributed by atoms with Gasteiger partial charge in [-0.25, -0.2) is 0 Å². The molecule has 0 spiro atoms. The third-order valence-corrected chi connectivity index (χ3v) is 3.28. The van der Waals surface area contributed by atoms with Gasteiger partial charge < -0.3 is 10.2 Å². The number of nitrogens with zero attached hydrogens (tertiary/aromatic N) is 1. The fourth-order valence-corrected chi connectivity index (χ4v) is 2.85. The summed E-state index contributed by atoms with van der Waals surface area (Å²) in [7, 11) is 0. The first-order chi connectivity index (χ1) is 5.58. The van der Waals surface area contributed by atoms with E-state index >= 15 is 0 Å². The minimum Gasteiger partial charge on any atom is -0.394 e. The number of rotatable bonds is 1. The summed E-state index contributed by atoms with van der Waals surface area (Å²) in [6.45, 7) is 3.83. The zero-order valence-electron chi connectivity index (χ0n) is 7.58. The van der Waals surface area contributed by atoms with Gasteiger partial charge in [0.25, 0.3) is 0 Å². The Hall–Kier alpha value is -0.120. The fourth-order valence-electron chi connectivity index (χ4n) is 2.85. The summed E-state index contributed by atoms with van der Waals surface area (Å²) in [5.74, 6) is 0. The maximum atomic E-state index is 9.84. The van der Waals surface area contributed by atoms with Gasteiger partial charge in [-0.3, -0.25) is 4.90 Å². The molecule has 2 rings (SSSR count). The first-order valence-corrected chi connectivity index (χ1v) is 4.66. The van der Waals surface area contributed by atoms with E-state index in [2.05, 4.69) is 4.90 Å². The molecule has 2 N–H and O–H groups in total. The number of aliphatic hydroxyl groups is 2. The van der Waals surface area contributed by atoms with Crippen LogP contribution in [0.2, 0.25) is 0 Å². The van der Waals surface area contributed by atoms with Crippen LogP contribution in [0, 0.1) is 0 Å². The fraction of sp³-hybridized carbons (Fsp3) is 1.00. The van der Waals surface area contributed by atoms with E-state index in [-0.39, 0.29) is 12.1 Å². The van der Waals surface area contributed by atoms with Crippen molar-refractivity contribution in [3.63, 3.8) is 0 Å². The molecule has 0 amide bonds. The number of hydrogen-bond donors (Lipinski definition) is 2. The lowest BCUT2D eigenvalue weighted by atomic mass is 9.89. The molecule has 2 atom stereocenters. The van der Waals surface area contributed by atoms with E-state index in [9.17, 15) is 10.2 Å². The van der Waals surface area contributed by atoms with Crippen molar-refractivity contribution in [1.82, 2.24) is 4.90 Å². The van der Waals surface area contributed by atoms with Gasteiger partial charge in [0.05, 0.1) is 12.2 Å². The van der Waals surface area contributed by atoms with Crippen LogP contribution in [0.3, 0.4) is 0 Å². The molecule has 0 bridgehead atoms. The van der Waals surface area contributed by atoms with Crippen LogP contribution in [0.5, 0.6) is 0 Å². The molecule has 3 heteroatoms. The van der Waals surface area contributed by atoms with E-state index in [1.54, 1.807) is 0 Å². The zero-order chi connectivity index (χ0) is 8.82. The van der Waals surface area contributed by atoms with Crippen LogP contribution >= 0.6 is 0 Å². The minimum atomic E-state index is -0.580. The van der Waals surface area contributed by atoms with E-state index in [1.807, 2.05) is 6.92 Å². The molecule has 0 aliphatic carbocycles. The first kappa shape index (κ1) is 8.48. The van der Waals surface area contributed by atoms with Crippen LogP contribution in [0.15, 0.2) is 0 Å². The Morgan fingerprint density at radius 3 is 2.83 bits per heavy atom. The molecule has 2 aliphatic rings. The minimum absolute atomic E-state index is 0.0799. The second-order valence-corrected chi connectivity index (χ2v) is 4.58. The smallest absolute Gasteiger partial charge is 0.0764 e. The highest BCUT2D eigenvalue weighted by atomic mass is 16.3. The Labute approximate surface area is 73.0 Å². The summed E-state index contributed by atoms with van der Waals surface area (Å²) in [6.07, 6.45) is 2.94. The highest BCUT2D eigenvalue weighted by molar-refractivity contribution is 5.07. The van der Waals surface area contributed by atoms with E-state index < -0.39 is 5.60 Å². The Kier molecular flexibility index (Phi) is 1.72. The van der Waals surface area contributed by atoms with Crippen molar-refractivity contribution in [3.8, 4) is 0 Å². The summed E-state index contributed by atoms with van der Waals surface area (Å²) in [6, 6.07) is 0. The van der Waals surface area contributed by atoms with Crippen molar-refractivity contribution in [2.24, 2.45) is 0 Å². The summed E-state index contributed by atoms with van der Waals surface area (Å²) in [4.78, 5) is 2.24. The Balaban J connectivity index is 2.20. The zero-order valence-corrected chi connectivity index (χ0v) is 7.58. The molecule has 0 unspecified atom stereocenters. The van der Waals surface area contributed by atoms with Gasteiger partial charge in [-0.05, 0) is 32.7 Å². The first-order valence-electron chi connectivity index (χ1n) is 4.66. The van der Waals surface area contributed by atoms with Gasteiger partial charge in [-0.1, -0.05) is 0 Å². The predicted molar refractivity (Wildman–Crippen MR) is 45.9 cm³/mol. The maximum Gasteiger partial charge on any atom is 0.0764 e. The van der Waals surface area contributed by atoms with Gasteiger partial charge in [0.2, 0.25) is 0 Å². The van der Waals surface area contributed by atoms with Gasteiger partial charge in [0.1, 0.15) is 0 Å². The van der Waals surface area contributed by atoms with Crippen molar-refractivity contribution in [2.75, 3.05) is 19.7 Å². The molecule has 0 aromatic heterocycles. The second kappa shape index (κ2) is 2.44. The van der Waals surface area contributed by atoms with Crippen LogP contribution in [0.25, 0.3) is 0 Å². The van der Waals surface area contributed by atoms with Crippen LogP contribution in [-0.2, 0) is 0 Å². The van der Waals surface area contributed by atoms with Crippen LogP contribution < -0.4 is 0 Å². The molecule has 2 fully saturated rings. The lowest BCUT2D eigenvalue weighted by molar-refractivity contribution is 0.0634. The molecule has 0 aromatic carbocycles. The number of hydrogen-bond acceptors (Lipinski definition) is 3. The molecule has 0 aromatic rings. The van der Waals surface area contributed by atoms with E-state index in [1.165, 1.54) is 0 Å².